The summed E-state index contributed by atoms with van der Waals surface area (Å²) < 4.78 is 15.6. The summed E-state index contributed by atoms with van der Waals surface area (Å²) in [5.41, 5.74) is 10.6. The van der Waals surface area contributed by atoms with Gasteiger partial charge in [0.05, 0.1) is 11.4 Å². The number of rotatable bonds is 6. The van der Waals surface area contributed by atoms with Crippen LogP contribution in [0.15, 0.2) is 38.7 Å². The first-order valence-electron chi connectivity index (χ1n) is 9.28. The van der Waals surface area contributed by atoms with Gasteiger partial charge in [-0.15, -0.1) is 0 Å². The summed E-state index contributed by atoms with van der Waals surface area (Å²) in [7, 11) is 1.89. The van der Waals surface area contributed by atoms with Gasteiger partial charge in [0.25, 0.3) is 0 Å². The second kappa shape index (κ2) is 8.10. The molecule has 1 aliphatic carbocycles. The van der Waals surface area contributed by atoms with E-state index < -0.39 is 11.2 Å². The van der Waals surface area contributed by atoms with Gasteiger partial charge in [-0.3, -0.25) is 9.67 Å². The number of hydrogen-bond acceptors (Lipinski definition) is 6. The van der Waals surface area contributed by atoms with Crippen molar-refractivity contribution in [3.05, 3.63) is 30.2 Å². The molecule has 1 atom stereocenters. The van der Waals surface area contributed by atoms with E-state index in [0.717, 1.165) is 56.2 Å². The van der Waals surface area contributed by atoms with Crippen LogP contribution in [-0.4, -0.2) is 37.6 Å². The highest BCUT2D eigenvalue weighted by atomic mass is 32.2. The highest BCUT2D eigenvalue weighted by molar-refractivity contribution is 7.94. The van der Waals surface area contributed by atoms with Crippen LogP contribution < -0.4 is 5.73 Å². The third-order valence-corrected chi connectivity index (χ3v) is 8.42. The maximum Gasteiger partial charge on any atom is 0.232 e. The number of anilines is 1. The number of aryl methyl sites for hydroxylation is 1. The lowest BCUT2D eigenvalue weighted by molar-refractivity contribution is 0.478. The summed E-state index contributed by atoms with van der Waals surface area (Å²) in [4.78, 5) is 13.3. The zero-order chi connectivity index (χ0) is 20.5. The third kappa shape index (κ3) is 3.61. The highest BCUT2D eigenvalue weighted by Gasteiger charge is 2.35. The topological polar surface area (TPSA) is 105 Å². The first-order valence-corrected chi connectivity index (χ1v) is 11.3. The van der Waals surface area contributed by atoms with E-state index in [9.17, 15) is 4.55 Å². The molecule has 0 saturated heterocycles. The average molecular weight is 427 g/mol. The Morgan fingerprint density at radius 3 is 2.90 bits per heavy atom. The molecule has 2 N–H and O–H groups in total. The number of nitrogens with two attached hydrogens (primary N) is 1. The van der Waals surface area contributed by atoms with Crippen molar-refractivity contribution in [1.29, 1.82) is 0 Å². The minimum atomic E-state index is -1.10. The molecular formula is C20H22N6OS2. The number of thiophene rings is 1. The van der Waals surface area contributed by atoms with E-state index >= 15 is 0 Å². The molecule has 0 amide bonds. The van der Waals surface area contributed by atoms with Crippen LogP contribution in [-0.2, 0) is 18.2 Å². The molecule has 0 spiro atoms. The molecule has 0 aromatic carbocycles. The Balaban J connectivity index is 1.92. The SMILES string of the molecule is C=N/C=N\C=C(/C)c1cc(-c2ccnn2C)c2c(N)c([S+]([O-])C3CCC3)sc2n1. The summed E-state index contributed by atoms with van der Waals surface area (Å²) in [6, 6.07) is 3.93. The van der Waals surface area contributed by atoms with Gasteiger partial charge in [0.2, 0.25) is 4.21 Å². The van der Waals surface area contributed by atoms with Gasteiger partial charge in [-0.25, -0.2) is 9.98 Å². The number of fused-ring (bicyclic) bond motifs is 1. The predicted molar refractivity (Wildman–Crippen MR) is 122 cm³/mol. The third-order valence-electron chi connectivity index (χ3n) is 5.12. The predicted octanol–water partition coefficient (Wildman–Crippen LogP) is 4.03. The molecule has 29 heavy (non-hydrogen) atoms. The molecule has 0 radical (unpaired) electrons. The molecule has 7 nitrogen and oxygen atoms in total. The normalized spacial score (nSPS) is 16.4. The number of hydrogen-bond donors (Lipinski definition) is 1. The molecule has 3 aromatic heterocycles. The molecule has 1 aliphatic rings. The molecule has 1 unspecified atom stereocenters. The van der Waals surface area contributed by atoms with E-state index in [1.165, 1.54) is 17.7 Å². The summed E-state index contributed by atoms with van der Waals surface area (Å²) in [5, 5.41) is 5.34. The van der Waals surface area contributed by atoms with Crippen LogP contribution in [0.2, 0.25) is 0 Å². The molecule has 1 fully saturated rings. The minimum absolute atomic E-state index is 0.201. The summed E-state index contributed by atoms with van der Waals surface area (Å²) in [5.74, 6) is 0. The van der Waals surface area contributed by atoms with Crippen molar-refractivity contribution in [3.63, 3.8) is 0 Å². The maximum absolute atomic E-state index is 13.0. The van der Waals surface area contributed by atoms with Gasteiger partial charge in [-0.1, -0.05) is 11.3 Å². The van der Waals surface area contributed by atoms with Crippen molar-refractivity contribution in [2.75, 3.05) is 5.73 Å². The monoisotopic (exact) mass is 426 g/mol. The van der Waals surface area contributed by atoms with Crippen molar-refractivity contribution in [2.24, 2.45) is 17.0 Å². The van der Waals surface area contributed by atoms with Crippen LogP contribution >= 0.6 is 11.3 Å². The standard InChI is InChI=1S/C20H22N6OS2/c1-12(10-23-11-22-2)15-9-14(16-7-8-24-26(16)3)17-18(21)20(28-19(17)25-15)29(27)13-5-4-6-13/h7-11,13H,2,4-6,21H2,1,3H3/b12-10+,23-11-. The number of nitrogens with zero attached hydrogens (tertiary/aromatic N) is 5. The Morgan fingerprint density at radius 1 is 1.48 bits per heavy atom. The summed E-state index contributed by atoms with van der Waals surface area (Å²) in [6.45, 7) is 5.33. The molecule has 0 aliphatic heterocycles. The molecule has 3 aromatic rings. The first-order chi connectivity index (χ1) is 14.0. The van der Waals surface area contributed by atoms with Crippen molar-refractivity contribution >= 4 is 57.0 Å². The Bertz CT molecular complexity index is 1130. The number of nitrogen functional groups attached to an aromatic ring is 1. The Kier molecular flexibility index (Phi) is 5.53. The van der Waals surface area contributed by atoms with E-state index in [1.54, 1.807) is 17.1 Å². The number of allylic oxidation sites excluding steroid dienone is 1. The molecule has 9 heteroatoms. The summed E-state index contributed by atoms with van der Waals surface area (Å²) in [6.07, 6.45) is 7.94. The fourth-order valence-corrected chi connectivity index (χ4v) is 6.50. The lowest BCUT2D eigenvalue weighted by atomic mass is 10.00. The Morgan fingerprint density at radius 2 is 2.28 bits per heavy atom. The van der Waals surface area contributed by atoms with Gasteiger partial charge in [0.1, 0.15) is 22.1 Å². The van der Waals surface area contributed by atoms with Crippen molar-refractivity contribution in [2.45, 2.75) is 35.6 Å². The van der Waals surface area contributed by atoms with E-state index in [4.69, 9.17) is 10.7 Å². The average Bonchev–Trinajstić information content (AvgIpc) is 3.23. The van der Waals surface area contributed by atoms with Crippen LogP contribution in [0.25, 0.3) is 27.0 Å². The van der Waals surface area contributed by atoms with E-state index in [1.807, 2.05) is 26.1 Å². The summed E-state index contributed by atoms with van der Waals surface area (Å²) >= 11 is 0.331. The zero-order valence-corrected chi connectivity index (χ0v) is 18.0. The van der Waals surface area contributed by atoms with Crippen LogP contribution in [0.3, 0.4) is 0 Å². The molecular weight excluding hydrogens is 404 g/mol. The molecule has 3 heterocycles. The molecule has 4 rings (SSSR count). The number of aliphatic imine (C=N–C) groups is 2. The smallest absolute Gasteiger partial charge is 0.232 e. The van der Waals surface area contributed by atoms with Gasteiger partial charge in [0.15, 0.2) is 0 Å². The van der Waals surface area contributed by atoms with Crippen LogP contribution in [0, 0.1) is 0 Å². The van der Waals surface area contributed by atoms with E-state index in [-0.39, 0.29) is 5.25 Å². The zero-order valence-electron chi connectivity index (χ0n) is 16.3. The van der Waals surface area contributed by atoms with Gasteiger partial charge < -0.3 is 10.3 Å². The Hall–Kier alpha value is -2.49. The molecule has 1 saturated carbocycles. The van der Waals surface area contributed by atoms with Crippen molar-refractivity contribution < 1.29 is 4.55 Å². The second-order valence-electron chi connectivity index (χ2n) is 6.99. The van der Waals surface area contributed by atoms with Crippen molar-refractivity contribution in [3.8, 4) is 11.3 Å². The quantitative estimate of drug-likeness (QED) is 0.365. The van der Waals surface area contributed by atoms with Gasteiger partial charge in [-0.2, -0.15) is 5.10 Å². The molecule has 0 bridgehead atoms. The van der Waals surface area contributed by atoms with Crippen LogP contribution in [0.4, 0.5) is 5.69 Å². The number of aromatic nitrogens is 3. The van der Waals surface area contributed by atoms with Gasteiger partial charge in [0, 0.05) is 41.6 Å². The lowest BCUT2D eigenvalue weighted by Crippen LogP contribution is -2.28. The first kappa shape index (κ1) is 19.8. The van der Waals surface area contributed by atoms with Gasteiger partial charge in [-0.05, 0) is 50.6 Å². The fraction of sp³-hybridized carbons (Fsp3) is 0.300. The second-order valence-corrected chi connectivity index (χ2v) is 9.92. The maximum atomic E-state index is 13.0. The Labute approximate surface area is 176 Å². The van der Waals surface area contributed by atoms with Gasteiger partial charge >= 0.3 is 0 Å². The largest absolute Gasteiger partial charge is 0.611 e. The minimum Gasteiger partial charge on any atom is -0.611 e. The van der Waals surface area contributed by atoms with Crippen LogP contribution in [0.1, 0.15) is 31.9 Å². The highest BCUT2D eigenvalue weighted by Crippen LogP contribution is 2.45. The lowest BCUT2D eigenvalue weighted by Gasteiger charge is -2.27. The fourth-order valence-electron chi connectivity index (χ4n) is 3.29. The number of pyridine rings is 1. The van der Waals surface area contributed by atoms with Crippen LogP contribution in [0.5, 0.6) is 0 Å². The van der Waals surface area contributed by atoms with E-state index in [0.29, 0.717) is 5.69 Å². The van der Waals surface area contributed by atoms with E-state index in [2.05, 4.69) is 21.8 Å². The van der Waals surface area contributed by atoms with Crippen molar-refractivity contribution in [1.82, 2.24) is 14.8 Å². The molecule has 150 valence electrons.